The molecule has 0 spiro atoms. The first-order chi connectivity index (χ1) is 8.95. The van der Waals surface area contributed by atoms with Gasteiger partial charge in [0.05, 0.1) is 11.0 Å². The molecular weight excluding hydrogens is 264 g/mol. The number of aromatic nitrogens is 1. The molecular formula is C12H14N4O2S. The second-order valence-corrected chi connectivity index (χ2v) is 5.15. The fourth-order valence-corrected chi connectivity index (χ4v) is 2.51. The molecule has 0 aliphatic heterocycles. The van der Waals surface area contributed by atoms with Gasteiger partial charge in [-0.3, -0.25) is 10.1 Å². The Hall–Kier alpha value is -2.15. The van der Waals surface area contributed by atoms with Crippen molar-refractivity contribution in [2.24, 2.45) is 0 Å². The molecule has 0 saturated carbocycles. The van der Waals surface area contributed by atoms with Gasteiger partial charge in [-0.15, -0.1) is 11.3 Å². The summed E-state index contributed by atoms with van der Waals surface area (Å²) in [6.07, 6.45) is 0. The van der Waals surface area contributed by atoms with Crippen LogP contribution in [0.2, 0.25) is 0 Å². The van der Waals surface area contributed by atoms with Crippen molar-refractivity contribution in [3.05, 3.63) is 44.4 Å². The number of anilines is 2. The molecule has 1 heterocycles. The number of rotatable bonds is 4. The summed E-state index contributed by atoms with van der Waals surface area (Å²) in [5.74, 6) is 0. The summed E-state index contributed by atoms with van der Waals surface area (Å²) in [6, 6.07) is 4.45. The van der Waals surface area contributed by atoms with Gasteiger partial charge in [0.2, 0.25) is 0 Å². The number of nitrogens with two attached hydrogens (primary N) is 1. The van der Waals surface area contributed by atoms with Crippen LogP contribution in [0, 0.1) is 17.0 Å². The number of nitrogens with zero attached hydrogens (tertiary/aromatic N) is 2. The normalized spacial score (nSPS) is 12.1. The number of aryl methyl sites for hydroxylation is 1. The van der Waals surface area contributed by atoms with Gasteiger partial charge in [0.1, 0.15) is 5.01 Å². The zero-order chi connectivity index (χ0) is 14.0. The fraction of sp³-hybridized carbons (Fsp3) is 0.250. The van der Waals surface area contributed by atoms with Crippen LogP contribution in [0.4, 0.5) is 17.1 Å². The lowest BCUT2D eigenvalue weighted by Gasteiger charge is -2.13. The largest absolute Gasteiger partial charge is 0.398 e. The van der Waals surface area contributed by atoms with Crippen LogP contribution in [0.1, 0.15) is 23.7 Å². The van der Waals surface area contributed by atoms with Gasteiger partial charge in [0, 0.05) is 34.6 Å². The summed E-state index contributed by atoms with van der Waals surface area (Å²) in [4.78, 5) is 14.7. The molecule has 2 aromatic rings. The van der Waals surface area contributed by atoms with Crippen molar-refractivity contribution < 1.29 is 4.92 Å². The highest BCUT2D eigenvalue weighted by Gasteiger charge is 2.13. The lowest BCUT2D eigenvalue weighted by Crippen LogP contribution is -2.07. The first-order valence-corrected chi connectivity index (χ1v) is 6.57. The van der Waals surface area contributed by atoms with E-state index in [1.807, 2.05) is 19.2 Å². The highest BCUT2D eigenvalue weighted by atomic mass is 32.1. The molecule has 1 aromatic carbocycles. The molecule has 0 bridgehead atoms. The summed E-state index contributed by atoms with van der Waals surface area (Å²) in [6.45, 7) is 3.88. The van der Waals surface area contributed by atoms with E-state index in [4.69, 9.17) is 5.73 Å². The summed E-state index contributed by atoms with van der Waals surface area (Å²) >= 11 is 1.55. The third kappa shape index (κ3) is 3.19. The van der Waals surface area contributed by atoms with Crippen molar-refractivity contribution in [3.8, 4) is 0 Å². The maximum Gasteiger partial charge on any atom is 0.273 e. The van der Waals surface area contributed by atoms with Gasteiger partial charge in [0.15, 0.2) is 0 Å². The van der Waals surface area contributed by atoms with Crippen LogP contribution in [-0.4, -0.2) is 9.91 Å². The van der Waals surface area contributed by atoms with E-state index < -0.39 is 4.92 Å². The number of nitro benzene ring substituents is 1. The number of hydrogen-bond acceptors (Lipinski definition) is 6. The van der Waals surface area contributed by atoms with E-state index in [1.165, 1.54) is 12.1 Å². The van der Waals surface area contributed by atoms with Gasteiger partial charge in [-0.2, -0.15) is 0 Å². The molecule has 7 heteroatoms. The average molecular weight is 278 g/mol. The van der Waals surface area contributed by atoms with Crippen LogP contribution in [0.15, 0.2) is 23.6 Å². The number of benzene rings is 1. The van der Waals surface area contributed by atoms with Gasteiger partial charge in [0.25, 0.3) is 5.69 Å². The van der Waals surface area contributed by atoms with E-state index in [9.17, 15) is 10.1 Å². The Morgan fingerprint density at radius 3 is 2.79 bits per heavy atom. The van der Waals surface area contributed by atoms with E-state index in [-0.39, 0.29) is 11.7 Å². The molecule has 1 unspecified atom stereocenters. The van der Waals surface area contributed by atoms with E-state index in [0.29, 0.717) is 11.4 Å². The fourth-order valence-electron chi connectivity index (χ4n) is 1.71. The quantitative estimate of drug-likeness (QED) is 0.509. The van der Waals surface area contributed by atoms with Crippen molar-refractivity contribution in [1.82, 2.24) is 4.98 Å². The van der Waals surface area contributed by atoms with E-state index in [0.717, 1.165) is 10.7 Å². The van der Waals surface area contributed by atoms with E-state index in [2.05, 4.69) is 10.3 Å². The summed E-state index contributed by atoms with van der Waals surface area (Å²) in [7, 11) is 0. The Morgan fingerprint density at radius 2 is 2.21 bits per heavy atom. The van der Waals surface area contributed by atoms with Crippen LogP contribution in [0.5, 0.6) is 0 Å². The Balaban J connectivity index is 2.21. The third-order valence-electron chi connectivity index (χ3n) is 2.54. The zero-order valence-corrected chi connectivity index (χ0v) is 11.4. The molecule has 19 heavy (non-hydrogen) atoms. The minimum absolute atomic E-state index is 0.0231. The van der Waals surface area contributed by atoms with Crippen molar-refractivity contribution >= 4 is 28.4 Å². The smallest absolute Gasteiger partial charge is 0.273 e. The van der Waals surface area contributed by atoms with Crippen LogP contribution in [-0.2, 0) is 0 Å². The van der Waals surface area contributed by atoms with Crippen molar-refractivity contribution in [2.45, 2.75) is 19.9 Å². The molecule has 0 aliphatic carbocycles. The number of thiazole rings is 1. The molecule has 0 radical (unpaired) electrons. The SMILES string of the molecule is Cc1csc(C(C)Nc2cc(N)cc([N+](=O)[O-])c2)n1. The molecule has 6 nitrogen and oxygen atoms in total. The third-order valence-corrected chi connectivity index (χ3v) is 3.69. The van der Waals surface area contributed by atoms with Gasteiger partial charge >= 0.3 is 0 Å². The topological polar surface area (TPSA) is 94.1 Å². The maximum atomic E-state index is 10.8. The van der Waals surface area contributed by atoms with Gasteiger partial charge in [-0.05, 0) is 19.9 Å². The molecule has 1 atom stereocenters. The molecule has 0 fully saturated rings. The van der Waals surface area contributed by atoms with Crippen molar-refractivity contribution in [3.63, 3.8) is 0 Å². The average Bonchev–Trinajstić information content (AvgIpc) is 2.75. The Bertz CT molecular complexity index is 612. The standard InChI is InChI=1S/C12H14N4O2S/c1-7-6-19-12(14-7)8(2)15-10-3-9(13)4-11(5-10)16(17)18/h3-6,8,15H,13H2,1-2H3. The van der Waals surface area contributed by atoms with E-state index >= 15 is 0 Å². The lowest BCUT2D eigenvalue weighted by molar-refractivity contribution is -0.384. The Kier molecular flexibility index (Phi) is 3.66. The number of nitrogens with one attached hydrogen (secondary N) is 1. The second kappa shape index (κ2) is 5.23. The second-order valence-electron chi connectivity index (χ2n) is 4.26. The molecule has 100 valence electrons. The van der Waals surface area contributed by atoms with Crippen LogP contribution < -0.4 is 11.1 Å². The minimum atomic E-state index is -0.459. The number of hydrogen-bond donors (Lipinski definition) is 2. The van der Waals surface area contributed by atoms with Gasteiger partial charge < -0.3 is 11.1 Å². The monoisotopic (exact) mass is 278 g/mol. The summed E-state index contributed by atoms with van der Waals surface area (Å²) < 4.78 is 0. The minimum Gasteiger partial charge on any atom is -0.398 e. The van der Waals surface area contributed by atoms with Gasteiger partial charge in [-0.1, -0.05) is 0 Å². The Morgan fingerprint density at radius 1 is 1.47 bits per heavy atom. The van der Waals surface area contributed by atoms with Crippen LogP contribution in [0.3, 0.4) is 0 Å². The molecule has 1 aromatic heterocycles. The van der Waals surface area contributed by atoms with Crippen molar-refractivity contribution in [2.75, 3.05) is 11.1 Å². The molecule has 0 amide bonds. The summed E-state index contributed by atoms with van der Waals surface area (Å²) in [5.41, 5.74) is 7.58. The van der Waals surface area contributed by atoms with Crippen LogP contribution in [0.25, 0.3) is 0 Å². The molecule has 0 aliphatic rings. The lowest BCUT2D eigenvalue weighted by atomic mass is 10.2. The predicted molar refractivity (Wildman–Crippen MR) is 76.4 cm³/mol. The highest BCUT2D eigenvalue weighted by Crippen LogP contribution is 2.27. The zero-order valence-electron chi connectivity index (χ0n) is 10.6. The first kappa shape index (κ1) is 13.3. The van der Waals surface area contributed by atoms with Crippen LogP contribution >= 0.6 is 11.3 Å². The van der Waals surface area contributed by atoms with E-state index in [1.54, 1.807) is 17.4 Å². The first-order valence-electron chi connectivity index (χ1n) is 5.69. The molecule has 0 saturated heterocycles. The number of nitrogen functional groups attached to an aromatic ring is 1. The summed E-state index contributed by atoms with van der Waals surface area (Å²) in [5, 5.41) is 16.8. The molecule has 2 rings (SSSR count). The van der Waals surface area contributed by atoms with Crippen molar-refractivity contribution in [1.29, 1.82) is 0 Å². The Labute approximate surface area is 114 Å². The number of nitro groups is 1. The maximum absolute atomic E-state index is 10.8. The van der Waals surface area contributed by atoms with Gasteiger partial charge in [-0.25, -0.2) is 4.98 Å². The number of non-ortho nitro benzene ring substituents is 1. The molecule has 3 N–H and O–H groups in total. The highest BCUT2D eigenvalue weighted by molar-refractivity contribution is 7.09. The predicted octanol–water partition coefficient (Wildman–Crippen LogP) is 3.12.